The van der Waals surface area contributed by atoms with Gasteiger partial charge in [0.2, 0.25) is 0 Å². The van der Waals surface area contributed by atoms with Crippen LogP contribution < -0.4 is 0 Å². The van der Waals surface area contributed by atoms with Crippen molar-refractivity contribution < 1.29 is 0 Å². The predicted molar refractivity (Wildman–Crippen MR) is 36.8 cm³/mol. The van der Waals surface area contributed by atoms with Gasteiger partial charge in [0.25, 0.3) is 0 Å². The molecule has 0 rings (SSSR count). The lowest BCUT2D eigenvalue weighted by Gasteiger charge is -1.95. The van der Waals surface area contributed by atoms with Gasteiger partial charge in [-0.3, -0.25) is 0 Å². The molecule has 0 aliphatic carbocycles. The van der Waals surface area contributed by atoms with E-state index in [9.17, 15) is 0 Å². The second-order valence-corrected chi connectivity index (χ2v) is 3.10. The molecule has 0 aliphatic heterocycles. The number of hydrogen-bond donors (Lipinski definition) is 0. The average molecular weight is 216 g/mol. The van der Waals surface area contributed by atoms with Crippen LogP contribution in [0.25, 0.3) is 0 Å². The van der Waals surface area contributed by atoms with Gasteiger partial charge in [-0.15, -0.1) is 0 Å². The van der Waals surface area contributed by atoms with E-state index in [1.54, 1.807) is 0 Å². The molecule has 0 aliphatic rings. The van der Waals surface area contributed by atoms with Gasteiger partial charge in [-0.1, -0.05) is 38.8 Å². The van der Waals surface area contributed by atoms with Gasteiger partial charge in [0.15, 0.2) is 0 Å². The van der Waals surface area contributed by atoms with Crippen LogP contribution in [-0.2, 0) is 0 Å². The van der Waals surface area contributed by atoms with Crippen LogP contribution in [0.1, 0.15) is 13.3 Å². The van der Waals surface area contributed by atoms with Gasteiger partial charge in [0.1, 0.15) is 0 Å². The van der Waals surface area contributed by atoms with E-state index in [4.69, 9.17) is 0 Å². The molecule has 0 bridgehead atoms. The van der Waals surface area contributed by atoms with Crippen LogP contribution in [-0.4, -0.2) is 10.2 Å². The van der Waals surface area contributed by atoms with Crippen molar-refractivity contribution in [1.29, 1.82) is 0 Å². The predicted octanol–water partition coefficient (Wildman–Crippen LogP) is 2.55. The topological polar surface area (TPSA) is 0 Å². The number of rotatable bonds is 2. The first-order chi connectivity index (χ1) is 2.81. The van der Waals surface area contributed by atoms with Crippen LogP contribution in [0.15, 0.2) is 0 Å². The van der Waals surface area contributed by atoms with E-state index in [-0.39, 0.29) is 0 Å². The third kappa shape index (κ3) is 3.16. The van der Waals surface area contributed by atoms with Crippen LogP contribution in [0.4, 0.5) is 0 Å². The molecule has 0 fully saturated rings. The molecule has 0 radical (unpaired) electrons. The molecular weight excluding hydrogens is 208 g/mol. The van der Waals surface area contributed by atoms with Crippen molar-refractivity contribution in [2.45, 2.75) is 18.2 Å². The van der Waals surface area contributed by atoms with Gasteiger partial charge in [-0.25, -0.2) is 0 Å². The second kappa shape index (κ2) is 4.13. The molecular formula is C4H8Br2. The van der Waals surface area contributed by atoms with Crippen LogP contribution in [0.2, 0.25) is 0 Å². The molecule has 0 unspecified atom stereocenters. The Balaban J connectivity index is 2.75. The van der Waals surface area contributed by atoms with Gasteiger partial charge in [0.05, 0.1) is 0 Å². The SMILES string of the molecule is CC[C@H](Br)CBr. The van der Waals surface area contributed by atoms with Crippen molar-refractivity contribution in [2.24, 2.45) is 0 Å². The van der Waals surface area contributed by atoms with E-state index in [0.29, 0.717) is 4.83 Å². The Morgan fingerprint density at radius 3 is 2.17 bits per heavy atom. The molecule has 6 heavy (non-hydrogen) atoms. The summed E-state index contributed by atoms with van der Waals surface area (Å²) in [5.41, 5.74) is 0. The lowest BCUT2D eigenvalue weighted by molar-refractivity contribution is 0.937. The molecule has 38 valence electrons. The summed E-state index contributed by atoms with van der Waals surface area (Å²) in [5.74, 6) is 0. The van der Waals surface area contributed by atoms with Crippen LogP contribution in [0, 0.1) is 0 Å². The third-order valence-corrected chi connectivity index (χ3v) is 3.23. The van der Waals surface area contributed by atoms with Crippen molar-refractivity contribution in [3.05, 3.63) is 0 Å². The third-order valence-electron chi connectivity index (χ3n) is 0.610. The first-order valence-corrected chi connectivity index (χ1v) is 4.05. The van der Waals surface area contributed by atoms with Crippen molar-refractivity contribution in [1.82, 2.24) is 0 Å². The monoisotopic (exact) mass is 214 g/mol. The number of hydrogen-bond acceptors (Lipinski definition) is 0. The fraction of sp³-hybridized carbons (Fsp3) is 1.00. The maximum atomic E-state index is 3.43. The van der Waals surface area contributed by atoms with Gasteiger partial charge in [-0.2, -0.15) is 0 Å². The summed E-state index contributed by atoms with van der Waals surface area (Å²) in [6.07, 6.45) is 1.20. The van der Waals surface area contributed by atoms with Gasteiger partial charge in [-0.05, 0) is 6.42 Å². The van der Waals surface area contributed by atoms with E-state index in [2.05, 4.69) is 38.8 Å². The van der Waals surface area contributed by atoms with Crippen LogP contribution >= 0.6 is 31.9 Å². The molecule has 0 amide bonds. The molecule has 0 aromatic carbocycles. The molecule has 1 atom stereocenters. The minimum atomic E-state index is 0.664. The molecule has 0 saturated carbocycles. The zero-order valence-corrected chi connectivity index (χ0v) is 6.92. The lowest BCUT2D eigenvalue weighted by Crippen LogP contribution is -1.93. The Bertz CT molecular complexity index is 24.7. The van der Waals surface area contributed by atoms with Crippen molar-refractivity contribution in [2.75, 3.05) is 5.33 Å². The maximum absolute atomic E-state index is 3.43. The molecule has 0 spiro atoms. The zero-order valence-electron chi connectivity index (χ0n) is 3.75. The van der Waals surface area contributed by atoms with Gasteiger partial charge in [0, 0.05) is 10.2 Å². The Hall–Kier alpha value is 0.960. The largest absolute Gasteiger partial charge is 0.0916 e. The number of alkyl halides is 2. The van der Waals surface area contributed by atoms with Crippen LogP contribution in [0.3, 0.4) is 0 Å². The molecule has 0 aromatic heterocycles. The Morgan fingerprint density at radius 2 is 2.17 bits per heavy atom. The summed E-state index contributed by atoms with van der Waals surface area (Å²) in [4.78, 5) is 0.664. The zero-order chi connectivity index (χ0) is 4.99. The highest BCUT2D eigenvalue weighted by atomic mass is 79.9. The fourth-order valence-electron chi connectivity index (χ4n) is 0.109. The Morgan fingerprint density at radius 1 is 1.67 bits per heavy atom. The highest BCUT2D eigenvalue weighted by Gasteiger charge is 1.92. The number of halogens is 2. The molecule has 0 heterocycles. The summed E-state index contributed by atoms with van der Waals surface area (Å²) >= 11 is 6.76. The molecule has 0 nitrogen and oxygen atoms in total. The van der Waals surface area contributed by atoms with E-state index >= 15 is 0 Å². The average Bonchev–Trinajstić information content (AvgIpc) is 1.65. The summed E-state index contributed by atoms with van der Waals surface area (Å²) in [6.45, 7) is 2.15. The first kappa shape index (κ1) is 6.96. The molecule has 0 aromatic rings. The first-order valence-electron chi connectivity index (χ1n) is 2.01. The lowest BCUT2D eigenvalue weighted by atomic mass is 10.4. The van der Waals surface area contributed by atoms with Crippen molar-refractivity contribution in [3.8, 4) is 0 Å². The fourth-order valence-corrected chi connectivity index (χ4v) is 0.567. The van der Waals surface area contributed by atoms with Gasteiger partial charge < -0.3 is 0 Å². The second-order valence-electron chi connectivity index (χ2n) is 1.16. The Labute approximate surface area is 55.6 Å². The smallest absolute Gasteiger partial charge is 0.0240 e. The van der Waals surface area contributed by atoms with E-state index in [0.717, 1.165) is 5.33 Å². The van der Waals surface area contributed by atoms with Crippen molar-refractivity contribution in [3.63, 3.8) is 0 Å². The van der Waals surface area contributed by atoms with Crippen molar-refractivity contribution >= 4 is 31.9 Å². The minimum absolute atomic E-state index is 0.664. The van der Waals surface area contributed by atoms with E-state index in [1.807, 2.05) is 0 Å². The summed E-state index contributed by atoms with van der Waals surface area (Å²) < 4.78 is 0. The molecule has 0 N–H and O–H groups in total. The molecule has 0 saturated heterocycles. The summed E-state index contributed by atoms with van der Waals surface area (Å²) in [7, 11) is 0. The van der Waals surface area contributed by atoms with E-state index < -0.39 is 0 Å². The van der Waals surface area contributed by atoms with E-state index in [1.165, 1.54) is 6.42 Å². The Kier molecular flexibility index (Phi) is 4.79. The summed E-state index contributed by atoms with van der Waals surface area (Å²) in [5, 5.41) is 1.06. The maximum Gasteiger partial charge on any atom is 0.0240 e. The summed E-state index contributed by atoms with van der Waals surface area (Å²) in [6, 6.07) is 0. The van der Waals surface area contributed by atoms with Crippen LogP contribution in [0.5, 0.6) is 0 Å². The normalized spacial score (nSPS) is 14.5. The highest BCUT2D eigenvalue weighted by molar-refractivity contribution is 9.12. The standard InChI is InChI=1S/C4H8Br2/c1-2-4(6)3-5/h4H,2-3H2,1H3/t4-/m0/s1. The molecule has 2 heteroatoms. The highest BCUT2D eigenvalue weighted by Crippen LogP contribution is 2.05. The quantitative estimate of drug-likeness (QED) is 0.622. The van der Waals surface area contributed by atoms with Gasteiger partial charge >= 0.3 is 0 Å². The minimum Gasteiger partial charge on any atom is -0.0916 e.